The number of amides is 1. The van der Waals surface area contributed by atoms with Crippen LogP contribution in [0, 0.1) is 0 Å². The first-order chi connectivity index (χ1) is 9.75. The molecule has 0 spiro atoms. The van der Waals surface area contributed by atoms with Crippen LogP contribution in [0.4, 0.5) is 5.82 Å². The maximum atomic E-state index is 11.8. The van der Waals surface area contributed by atoms with Gasteiger partial charge in [-0.25, -0.2) is 0 Å². The Kier molecular flexibility index (Phi) is 3.01. The fraction of sp³-hybridized carbons (Fsp3) is 0. The van der Waals surface area contributed by atoms with Crippen molar-refractivity contribution in [2.24, 2.45) is 10.2 Å². The van der Waals surface area contributed by atoms with Crippen molar-refractivity contribution < 1.29 is 9.90 Å². The molecule has 5 nitrogen and oxygen atoms in total. The molecular weight excluding hydrogens is 254 g/mol. The van der Waals surface area contributed by atoms with Crippen LogP contribution >= 0.6 is 0 Å². The first-order valence-electron chi connectivity index (χ1n) is 6.06. The molecule has 0 saturated heterocycles. The fourth-order valence-electron chi connectivity index (χ4n) is 1.92. The number of aromatic hydroxyl groups is 1. The Labute approximate surface area is 114 Å². The van der Waals surface area contributed by atoms with Gasteiger partial charge in [-0.1, -0.05) is 30.3 Å². The van der Waals surface area contributed by atoms with E-state index < -0.39 is 5.91 Å². The average Bonchev–Trinajstić information content (AvgIpc) is 2.83. The van der Waals surface area contributed by atoms with Gasteiger partial charge in [-0.05, 0) is 24.3 Å². The van der Waals surface area contributed by atoms with Crippen LogP contribution in [0.1, 0.15) is 10.4 Å². The van der Waals surface area contributed by atoms with Crippen molar-refractivity contribution in [1.82, 2.24) is 4.98 Å². The zero-order chi connectivity index (χ0) is 13.9. The largest absolute Gasteiger partial charge is 0.504 e. The number of H-pyrrole nitrogens is 1. The summed E-state index contributed by atoms with van der Waals surface area (Å²) in [5.74, 6) is -0.288. The standard InChI is InChI=1S/C15H11N3O2/c19-13-11-8-4-5-9-12(11)16-14(13)17-18-15(20)10-6-2-1-3-7-10/h1-9,16,19H. The van der Waals surface area contributed by atoms with Crippen LogP contribution in [0.5, 0.6) is 5.75 Å². The van der Waals surface area contributed by atoms with E-state index in [0.717, 1.165) is 5.52 Å². The summed E-state index contributed by atoms with van der Waals surface area (Å²) >= 11 is 0. The van der Waals surface area contributed by atoms with Crippen LogP contribution in [-0.4, -0.2) is 16.0 Å². The van der Waals surface area contributed by atoms with Crippen molar-refractivity contribution in [1.29, 1.82) is 0 Å². The number of carbonyl (C=O) groups excluding carboxylic acids is 1. The zero-order valence-electron chi connectivity index (χ0n) is 10.4. The minimum absolute atomic E-state index is 0.00906. The third-order valence-corrected chi connectivity index (χ3v) is 2.92. The van der Waals surface area contributed by atoms with Gasteiger partial charge in [0.25, 0.3) is 5.91 Å². The van der Waals surface area contributed by atoms with Crippen LogP contribution in [-0.2, 0) is 0 Å². The van der Waals surface area contributed by atoms with Crippen LogP contribution in [0.2, 0.25) is 0 Å². The third kappa shape index (κ3) is 2.16. The van der Waals surface area contributed by atoms with Gasteiger partial charge >= 0.3 is 0 Å². The van der Waals surface area contributed by atoms with Gasteiger partial charge in [0.1, 0.15) is 0 Å². The van der Waals surface area contributed by atoms with Gasteiger partial charge in [0, 0.05) is 10.9 Å². The van der Waals surface area contributed by atoms with E-state index in [2.05, 4.69) is 15.2 Å². The van der Waals surface area contributed by atoms with Gasteiger partial charge < -0.3 is 10.1 Å². The van der Waals surface area contributed by atoms with Gasteiger partial charge in [-0.3, -0.25) is 4.79 Å². The number of hydrogen-bond acceptors (Lipinski definition) is 3. The number of aromatic nitrogens is 1. The molecule has 1 heterocycles. The van der Waals surface area contributed by atoms with E-state index in [4.69, 9.17) is 0 Å². The molecule has 0 aliphatic rings. The van der Waals surface area contributed by atoms with Crippen LogP contribution in [0.15, 0.2) is 64.8 Å². The molecule has 5 heteroatoms. The molecule has 0 fully saturated rings. The first kappa shape index (κ1) is 12.1. The van der Waals surface area contributed by atoms with Gasteiger partial charge in [0.15, 0.2) is 11.6 Å². The van der Waals surface area contributed by atoms with Gasteiger partial charge in [-0.2, -0.15) is 0 Å². The van der Waals surface area contributed by atoms with Crippen LogP contribution in [0.3, 0.4) is 0 Å². The smallest absolute Gasteiger partial charge is 0.295 e. The number of hydrogen-bond donors (Lipinski definition) is 2. The van der Waals surface area contributed by atoms with Crippen molar-refractivity contribution >= 4 is 22.6 Å². The molecule has 2 aromatic carbocycles. The number of nitrogens with zero attached hydrogens (tertiary/aromatic N) is 2. The fourth-order valence-corrected chi connectivity index (χ4v) is 1.92. The second-order valence-electron chi connectivity index (χ2n) is 4.24. The van der Waals surface area contributed by atoms with E-state index in [1.807, 2.05) is 24.3 Å². The minimum Gasteiger partial charge on any atom is -0.504 e. The number of fused-ring (bicyclic) bond motifs is 1. The number of azo groups is 1. The molecule has 1 aromatic heterocycles. The molecule has 0 aliphatic heterocycles. The lowest BCUT2D eigenvalue weighted by atomic mass is 10.2. The molecule has 1 amide bonds. The highest BCUT2D eigenvalue weighted by atomic mass is 16.3. The highest BCUT2D eigenvalue weighted by molar-refractivity contribution is 5.95. The maximum Gasteiger partial charge on any atom is 0.295 e. The number of aromatic amines is 1. The van der Waals surface area contributed by atoms with E-state index in [1.165, 1.54) is 0 Å². The van der Waals surface area contributed by atoms with Gasteiger partial charge in [0.2, 0.25) is 0 Å². The summed E-state index contributed by atoms with van der Waals surface area (Å²) in [4.78, 5) is 14.7. The number of rotatable bonds is 2. The van der Waals surface area contributed by atoms with Crippen LogP contribution in [0.25, 0.3) is 10.9 Å². The third-order valence-electron chi connectivity index (χ3n) is 2.92. The topological polar surface area (TPSA) is 77.8 Å². The molecule has 98 valence electrons. The predicted molar refractivity (Wildman–Crippen MR) is 75.3 cm³/mol. The molecule has 0 unspecified atom stereocenters. The Bertz CT molecular complexity index is 791. The Morgan fingerprint density at radius 3 is 2.45 bits per heavy atom. The molecular formula is C15H11N3O2. The Morgan fingerprint density at radius 2 is 1.70 bits per heavy atom. The van der Waals surface area contributed by atoms with E-state index in [0.29, 0.717) is 10.9 Å². The lowest BCUT2D eigenvalue weighted by molar-refractivity contribution is 0.0995. The molecule has 0 saturated carbocycles. The van der Waals surface area contributed by atoms with Gasteiger partial charge in [0.05, 0.1) is 5.52 Å². The van der Waals surface area contributed by atoms with E-state index >= 15 is 0 Å². The number of para-hydroxylation sites is 1. The van der Waals surface area contributed by atoms with Crippen molar-refractivity contribution in [3.63, 3.8) is 0 Å². The Balaban J connectivity index is 1.91. The van der Waals surface area contributed by atoms with Crippen molar-refractivity contribution in [2.75, 3.05) is 0 Å². The summed E-state index contributed by atoms with van der Waals surface area (Å²) in [7, 11) is 0. The van der Waals surface area contributed by atoms with Crippen molar-refractivity contribution in [3.8, 4) is 5.75 Å². The maximum absolute atomic E-state index is 11.8. The average molecular weight is 265 g/mol. The second-order valence-corrected chi connectivity index (χ2v) is 4.24. The van der Waals surface area contributed by atoms with Crippen LogP contribution < -0.4 is 0 Å². The zero-order valence-corrected chi connectivity index (χ0v) is 10.4. The molecule has 0 aliphatic carbocycles. The van der Waals surface area contributed by atoms with E-state index in [9.17, 15) is 9.90 Å². The monoisotopic (exact) mass is 265 g/mol. The quantitative estimate of drug-likeness (QED) is 0.691. The SMILES string of the molecule is O=C(N=Nc1[nH]c2ccccc2c1O)c1ccccc1. The molecule has 3 aromatic rings. The predicted octanol–water partition coefficient (Wildman–Crippen LogP) is 3.80. The van der Waals surface area contributed by atoms with Crippen molar-refractivity contribution in [2.45, 2.75) is 0 Å². The number of benzene rings is 2. The first-order valence-corrected chi connectivity index (χ1v) is 6.06. The molecule has 20 heavy (non-hydrogen) atoms. The summed E-state index contributed by atoms with van der Waals surface area (Å²) in [6.45, 7) is 0. The summed E-state index contributed by atoms with van der Waals surface area (Å²) in [5.41, 5.74) is 1.19. The summed E-state index contributed by atoms with van der Waals surface area (Å²) in [6, 6.07) is 15.9. The Hall–Kier alpha value is -2.95. The molecule has 0 radical (unpaired) electrons. The lowest BCUT2D eigenvalue weighted by Crippen LogP contribution is -1.91. The summed E-state index contributed by atoms with van der Waals surface area (Å²) in [5, 5.41) is 18.0. The second kappa shape index (κ2) is 4.97. The summed E-state index contributed by atoms with van der Waals surface area (Å²) in [6.07, 6.45) is 0. The van der Waals surface area contributed by atoms with Gasteiger partial charge in [-0.15, -0.1) is 10.2 Å². The van der Waals surface area contributed by atoms with E-state index in [-0.39, 0.29) is 11.6 Å². The molecule has 0 bridgehead atoms. The van der Waals surface area contributed by atoms with Crippen molar-refractivity contribution in [3.05, 3.63) is 60.2 Å². The molecule has 0 atom stereocenters. The Morgan fingerprint density at radius 1 is 1.00 bits per heavy atom. The highest BCUT2D eigenvalue weighted by Gasteiger charge is 2.10. The molecule has 3 rings (SSSR count). The highest BCUT2D eigenvalue weighted by Crippen LogP contribution is 2.34. The molecule has 2 N–H and O–H groups in total. The summed E-state index contributed by atoms with van der Waals surface area (Å²) < 4.78 is 0. The lowest BCUT2D eigenvalue weighted by Gasteiger charge is -1.92. The van der Waals surface area contributed by atoms with E-state index in [1.54, 1.807) is 30.3 Å². The number of nitrogens with one attached hydrogen (secondary N) is 1. The normalized spacial score (nSPS) is 11.2. The minimum atomic E-state index is -0.455. The number of carbonyl (C=O) groups is 1.